The molecule has 0 aromatic carbocycles. The van der Waals surface area contributed by atoms with Gasteiger partial charge in [0, 0.05) is 26.3 Å². The van der Waals surface area contributed by atoms with Crippen LogP contribution in [-0.2, 0) is 11.8 Å². The monoisotopic (exact) mass is 349 g/mol. The van der Waals surface area contributed by atoms with Crippen LogP contribution in [0.4, 0.5) is 0 Å². The molecule has 5 nitrogen and oxygen atoms in total. The van der Waals surface area contributed by atoms with E-state index in [1.165, 1.54) is 0 Å². The first-order chi connectivity index (χ1) is 7.97. The molecule has 0 N–H and O–H groups in total. The van der Waals surface area contributed by atoms with Crippen LogP contribution in [-0.4, -0.2) is 45.9 Å². The molecule has 2 atom stereocenters. The molecular weight excluding hydrogens is 333 g/mol. The molecule has 1 aliphatic rings. The van der Waals surface area contributed by atoms with Gasteiger partial charge in [0.05, 0.1) is 15.8 Å². The zero-order chi connectivity index (χ0) is 12.6. The van der Waals surface area contributed by atoms with Crippen LogP contribution in [0, 0.1) is 3.57 Å². The predicted molar refractivity (Wildman–Crippen MR) is 71.8 cm³/mol. The lowest BCUT2D eigenvalue weighted by Crippen LogP contribution is -2.48. The molecule has 0 spiro atoms. The van der Waals surface area contributed by atoms with Crippen LogP contribution in [0.3, 0.4) is 0 Å². The molecule has 17 heavy (non-hydrogen) atoms. The molecule has 0 bridgehead atoms. The normalized spacial score (nSPS) is 25.1. The molecule has 0 saturated carbocycles. The molecule has 0 aliphatic carbocycles. The molecule has 1 amide bonds. The third-order valence-corrected chi connectivity index (χ3v) is 3.48. The van der Waals surface area contributed by atoms with Crippen molar-refractivity contribution in [2.75, 3.05) is 13.1 Å². The number of halogens is 1. The third kappa shape index (κ3) is 2.79. The molecule has 2 rings (SSSR count). The minimum atomic E-state index is -0.00278. The maximum atomic E-state index is 12.3. The topological polar surface area (TPSA) is 47.4 Å². The Kier molecular flexibility index (Phi) is 3.72. The summed E-state index contributed by atoms with van der Waals surface area (Å²) >= 11 is 2.14. The second-order valence-electron chi connectivity index (χ2n) is 4.47. The highest BCUT2D eigenvalue weighted by Gasteiger charge is 2.28. The lowest BCUT2D eigenvalue weighted by Gasteiger charge is -2.34. The molecule has 2 heterocycles. The molecule has 0 unspecified atom stereocenters. The van der Waals surface area contributed by atoms with Gasteiger partial charge in [0.15, 0.2) is 5.69 Å². The molecule has 0 radical (unpaired) electrons. The first-order valence-electron chi connectivity index (χ1n) is 5.61. The van der Waals surface area contributed by atoms with Crippen LogP contribution < -0.4 is 0 Å². The highest BCUT2D eigenvalue weighted by atomic mass is 127. The lowest BCUT2D eigenvalue weighted by atomic mass is 10.2. The van der Waals surface area contributed by atoms with Gasteiger partial charge in [0.25, 0.3) is 5.91 Å². The van der Waals surface area contributed by atoms with Crippen molar-refractivity contribution in [2.45, 2.75) is 26.1 Å². The predicted octanol–water partition coefficient (Wildman–Crippen LogP) is 1.27. The van der Waals surface area contributed by atoms with Crippen LogP contribution in [0.2, 0.25) is 0 Å². The van der Waals surface area contributed by atoms with Gasteiger partial charge in [-0.15, -0.1) is 0 Å². The number of aryl methyl sites for hydroxylation is 1. The van der Waals surface area contributed by atoms with Gasteiger partial charge in [0.2, 0.25) is 0 Å². The number of nitrogens with zero attached hydrogens (tertiary/aromatic N) is 3. The number of ether oxygens (including phenoxy) is 1. The minimum Gasteiger partial charge on any atom is -0.372 e. The fourth-order valence-electron chi connectivity index (χ4n) is 2.10. The van der Waals surface area contributed by atoms with Crippen LogP contribution in [0.1, 0.15) is 24.3 Å². The Balaban J connectivity index is 2.17. The molecule has 1 aliphatic heterocycles. The van der Waals surface area contributed by atoms with Crippen molar-refractivity contribution in [3.05, 3.63) is 15.5 Å². The van der Waals surface area contributed by atoms with E-state index in [9.17, 15) is 4.79 Å². The fraction of sp³-hybridized carbons (Fsp3) is 0.636. The molecule has 1 aromatic rings. The highest BCUT2D eigenvalue weighted by Crippen LogP contribution is 2.16. The molecule has 1 aromatic heterocycles. The van der Waals surface area contributed by atoms with E-state index in [1.807, 2.05) is 32.0 Å². The number of carbonyl (C=O) groups excluding carboxylic acids is 1. The summed E-state index contributed by atoms with van der Waals surface area (Å²) in [6, 6.07) is 0. The second-order valence-corrected chi connectivity index (χ2v) is 5.63. The number of hydrogen-bond donors (Lipinski definition) is 0. The number of amides is 1. The molecule has 1 saturated heterocycles. The highest BCUT2D eigenvalue weighted by molar-refractivity contribution is 14.1. The van der Waals surface area contributed by atoms with Gasteiger partial charge < -0.3 is 9.64 Å². The molecule has 1 fully saturated rings. The zero-order valence-electron chi connectivity index (χ0n) is 10.2. The number of hydrogen-bond acceptors (Lipinski definition) is 3. The van der Waals surface area contributed by atoms with E-state index in [0.29, 0.717) is 18.8 Å². The summed E-state index contributed by atoms with van der Waals surface area (Å²) in [5.74, 6) is -0.00278. The summed E-state index contributed by atoms with van der Waals surface area (Å²) in [6.07, 6.45) is 2.02. The van der Waals surface area contributed by atoms with Crippen molar-refractivity contribution in [3.63, 3.8) is 0 Å². The average Bonchev–Trinajstić information content (AvgIpc) is 2.55. The van der Waals surface area contributed by atoms with E-state index >= 15 is 0 Å². The molecular formula is C11H16IN3O2. The van der Waals surface area contributed by atoms with Gasteiger partial charge in [-0.3, -0.25) is 9.48 Å². The maximum absolute atomic E-state index is 12.3. The number of morpholine rings is 1. The molecule has 94 valence electrons. The Morgan fingerprint density at radius 3 is 2.53 bits per heavy atom. The third-order valence-electron chi connectivity index (χ3n) is 2.69. The number of carbonyl (C=O) groups is 1. The van der Waals surface area contributed by atoms with Crippen LogP contribution in [0.25, 0.3) is 0 Å². The SMILES string of the molecule is C[C@@H]1CN(C(=O)c2nn(C)cc2I)C[C@@H](C)O1. The largest absolute Gasteiger partial charge is 0.372 e. The van der Waals surface area contributed by atoms with Crippen molar-refractivity contribution in [3.8, 4) is 0 Å². The number of aromatic nitrogens is 2. The Labute approximate surface area is 114 Å². The summed E-state index contributed by atoms with van der Waals surface area (Å²) in [6.45, 7) is 5.24. The number of rotatable bonds is 1. The van der Waals surface area contributed by atoms with E-state index in [4.69, 9.17) is 4.74 Å². The Bertz CT molecular complexity index is 422. The van der Waals surface area contributed by atoms with Gasteiger partial charge in [-0.25, -0.2) is 0 Å². The Morgan fingerprint density at radius 1 is 1.47 bits per heavy atom. The van der Waals surface area contributed by atoms with Crippen molar-refractivity contribution >= 4 is 28.5 Å². The fourth-order valence-corrected chi connectivity index (χ4v) is 2.84. The standard InChI is InChI=1S/C11H16IN3O2/c1-7-4-15(5-8(2)17-7)11(16)10-9(12)6-14(3)13-10/h6-8H,4-5H2,1-3H3/t7-,8-/m1/s1. The van der Waals surface area contributed by atoms with Gasteiger partial charge in [-0.1, -0.05) is 0 Å². The van der Waals surface area contributed by atoms with Crippen LogP contribution in [0.15, 0.2) is 6.20 Å². The Hall–Kier alpha value is -0.630. The summed E-state index contributed by atoms with van der Waals surface area (Å²) in [5.41, 5.74) is 0.536. The van der Waals surface area contributed by atoms with Gasteiger partial charge in [-0.05, 0) is 36.4 Å². The van der Waals surface area contributed by atoms with Crippen molar-refractivity contribution in [2.24, 2.45) is 7.05 Å². The van der Waals surface area contributed by atoms with E-state index in [1.54, 1.807) is 4.68 Å². The first-order valence-corrected chi connectivity index (χ1v) is 6.69. The van der Waals surface area contributed by atoms with E-state index < -0.39 is 0 Å². The average molecular weight is 349 g/mol. The minimum absolute atomic E-state index is 0.00278. The van der Waals surface area contributed by atoms with Crippen LogP contribution in [0.5, 0.6) is 0 Å². The first kappa shape index (κ1) is 12.8. The molecule has 6 heteroatoms. The van der Waals surface area contributed by atoms with Crippen LogP contribution >= 0.6 is 22.6 Å². The van der Waals surface area contributed by atoms with Crippen molar-refractivity contribution in [1.29, 1.82) is 0 Å². The zero-order valence-corrected chi connectivity index (χ0v) is 12.3. The van der Waals surface area contributed by atoms with Gasteiger partial charge in [0.1, 0.15) is 0 Å². The maximum Gasteiger partial charge on any atom is 0.275 e. The van der Waals surface area contributed by atoms with Crippen molar-refractivity contribution < 1.29 is 9.53 Å². The van der Waals surface area contributed by atoms with E-state index in [0.717, 1.165) is 3.57 Å². The lowest BCUT2D eigenvalue weighted by molar-refractivity contribution is -0.0587. The summed E-state index contributed by atoms with van der Waals surface area (Å²) < 4.78 is 8.18. The smallest absolute Gasteiger partial charge is 0.275 e. The van der Waals surface area contributed by atoms with Gasteiger partial charge >= 0.3 is 0 Å². The Morgan fingerprint density at radius 2 is 2.06 bits per heavy atom. The van der Waals surface area contributed by atoms with E-state index in [-0.39, 0.29) is 18.1 Å². The summed E-state index contributed by atoms with van der Waals surface area (Å²) in [5, 5.41) is 4.21. The van der Waals surface area contributed by atoms with E-state index in [2.05, 4.69) is 27.7 Å². The summed E-state index contributed by atoms with van der Waals surface area (Å²) in [7, 11) is 1.82. The quantitative estimate of drug-likeness (QED) is 0.718. The van der Waals surface area contributed by atoms with Gasteiger partial charge in [-0.2, -0.15) is 5.10 Å². The van der Waals surface area contributed by atoms with Crippen molar-refractivity contribution in [1.82, 2.24) is 14.7 Å². The second kappa shape index (κ2) is 4.93. The summed E-state index contributed by atoms with van der Waals surface area (Å²) in [4.78, 5) is 14.1.